The fourth-order valence-corrected chi connectivity index (χ4v) is 3.21. The van der Waals surface area contributed by atoms with E-state index >= 15 is 0 Å². The topological polar surface area (TPSA) is 112 Å². The first-order chi connectivity index (χ1) is 13.9. The summed E-state index contributed by atoms with van der Waals surface area (Å²) in [6.07, 6.45) is 3.67. The van der Waals surface area contributed by atoms with Gasteiger partial charge in [0.1, 0.15) is 0 Å². The Morgan fingerprint density at radius 1 is 1.10 bits per heavy atom. The monoisotopic (exact) mass is 396 g/mol. The third-order valence-electron chi connectivity index (χ3n) is 5.00. The van der Waals surface area contributed by atoms with E-state index < -0.39 is 17.8 Å². The summed E-state index contributed by atoms with van der Waals surface area (Å²) in [5.74, 6) is -2.31. The summed E-state index contributed by atoms with van der Waals surface area (Å²) in [5, 5.41) is 13.9. The van der Waals surface area contributed by atoms with Crippen LogP contribution in [-0.4, -0.2) is 41.0 Å². The molecule has 1 fully saturated rings. The predicted molar refractivity (Wildman–Crippen MR) is 109 cm³/mol. The number of piperidine rings is 1. The largest absolute Gasteiger partial charge is 0.476 e. The number of aromatic carboxylic acids is 1. The minimum atomic E-state index is -1.29. The van der Waals surface area contributed by atoms with E-state index in [1.54, 1.807) is 0 Å². The Hall–Kier alpha value is -3.42. The first-order valence-corrected chi connectivity index (χ1v) is 9.55. The van der Waals surface area contributed by atoms with Crippen molar-refractivity contribution in [3.8, 4) is 0 Å². The van der Waals surface area contributed by atoms with Crippen molar-refractivity contribution in [2.75, 3.05) is 23.3 Å². The fraction of sp³-hybridized carbons (Fsp3) is 0.333. The second kappa shape index (κ2) is 9.18. The zero-order chi connectivity index (χ0) is 20.8. The predicted octanol–water partition coefficient (Wildman–Crippen LogP) is 2.27. The summed E-state index contributed by atoms with van der Waals surface area (Å²) in [6.45, 7) is 4.56. The van der Waals surface area contributed by atoms with Crippen molar-refractivity contribution < 1.29 is 19.5 Å². The lowest BCUT2D eigenvalue weighted by atomic mass is 9.99. The lowest BCUT2D eigenvalue weighted by Gasteiger charge is -2.32. The average molecular weight is 396 g/mol. The van der Waals surface area contributed by atoms with Gasteiger partial charge >= 0.3 is 17.8 Å². The molecule has 0 aliphatic carbocycles. The number of benzene rings is 1. The summed E-state index contributed by atoms with van der Waals surface area (Å²) in [4.78, 5) is 41.3. The molecule has 2 amide bonds. The number of rotatable bonds is 5. The molecule has 0 bridgehead atoms. The Bertz CT molecular complexity index is 890. The smallest absolute Gasteiger partial charge is 0.356 e. The van der Waals surface area contributed by atoms with Crippen molar-refractivity contribution in [2.24, 2.45) is 5.92 Å². The molecule has 2 aromatic rings. The molecule has 3 N–H and O–H groups in total. The summed E-state index contributed by atoms with van der Waals surface area (Å²) in [6, 6.07) is 10.7. The van der Waals surface area contributed by atoms with E-state index in [-0.39, 0.29) is 17.9 Å². The number of nitrogens with zero attached hydrogens (tertiary/aromatic N) is 2. The number of carboxylic acid groups (broad SMARTS) is 1. The molecule has 152 valence electrons. The molecule has 0 spiro atoms. The van der Waals surface area contributed by atoms with Crippen LogP contribution < -0.4 is 15.5 Å². The summed E-state index contributed by atoms with van der Waals surface area (Å²) < 4.78 is 0. The van der Waals surface area contributed by atoms with Gasteiger partial charge in [0.2, 0.25) is 0 Å². The molecule has 1 aliphatic heterocycles. The van der Waals surface area contributed by atoms with Crippen LogP contribution in [0.4, 0.5) is 11.4 Å². The molecule has 2 heterocycles. The number of nitrogens with one attached hydrogen (secondary N) is 2. The third-order valence-corrected chi connectivity index (χ3v) is 5.00. The molecule has 8 heteroatoms. The first kappa shape index (κ1) is 20.3. The zero-order valence-corrected chi connectivity index (χ0v) is 16.2. The number of hydrogen-bond donors (Lipinski definition) is 3. The third kappa shape index (κ3) is 5.31. The lowest BCUT2D eigenvalue weighted by molar-refractivity contribution is -0.136. The molecular formula is C21H24N4O4. The van der Waals surface area contributed by atoms with Gasteiger partial charge in [0.15, 0.2) is 5.69 Å². The molecule has 1 aliphatic rings. The van der Waals surface area contributed by atoms with Crippen LogP contribution in [0.15, 0.2) is 42.6 Å². The Kier molecular flexibility index (Phi) is 6.43. The molecule has 1 saturated heterocycles. The van der Waals surface area contributed by atoms with Gasteiger partial charge in [-0.25, -0.2) is 9.78 Å². The maximum absolute atomic E-state index is 12.0. The maximum atomic E-state index is 12.0. The van der Waals surface area contributed by atoms with Crippen LogP contribution in [0.2, 0.25) is 0 Å². The second-order valence-electron chi connectivity index (χ2n) is 7.18. The molecule has 1 aromatic heterocycles. The molecule has 29 heavy (non-hydrogen) atoms. The van der Waals surface area contributed by atoms with Crippen LogP contribution in [0.1, 0.15) is 35.8 Å². The molecule has 3 rings (SSSR count). The second-order valence-corrected chi connectivity index (χ2v) is 7.18. The minimum absolute atomic E-state index is 0.0275. The van der Waals surface area contributed by atoms with Crippen molar-refractivity contribution in [2.45, 2.75) is 26.3 Å². The van der Waals surface area contributed by atoms with Crippen LogP contribution in [0.5, 0.6) is 0 Å². The highest BCUT2D eigenvalue weighted by atomic mass is 16.4. The molecule has 0 radical (unpaired) electrons. The quantitative estimate of drug-likeness (QED) is 0.669. The van der Waals surface area contributed by atoms with Gasteiger partial charge in [0, 0.05) is 31.5 Å². The Balaban J connectivity index is 1.52. The Labute approximate surface area is 168 Å². The number of carbonyl (C=O) groups is 3. The van der Waals surface area contributed by atoms with Gasteiger partial charge in [-0.05, 0) is 48.6 Å². The summed E-state index contributed by atoms with van der Waals surface area (Å²) >= 11 is 0. The number of anilines is 2. The zero-order valence-electron chi connectivity index (χ0n) is 16.2. The highest BCUT2D eigenvalue weighted by Gasteiger charge is 2.19. The van der Waals surface area contributed by atoms with Crippen LogP contribution in [0.25, 0.3) is 0 Å². The van der Waals surface area contributed by atoms with E-state index in [1.807, 2.05) is 24.3 Å². The van der Waals surface area contributed by atoms with Gasteiger partial charge in [-0.2, -0.15) is 0 Å². The van der Waals surface area contributed by atoms with Gasteiger partial charge < -0.3 is 20.6 Å². The van der Waals surface area contributed by atoms with E-state index in [0.717, 1.165) is 30.3 Å². The first-order valence-electron chi connectivity index (χ1n) is 9.55. The van der Waals surface area contributed by atoms with Crippen LogP contribution >= 0.6 is 0 Å². The Morgan fingerprint density at radius 2 is 1.79 bits per heavy atom. The molecule has 0 unspecified atom stereocenters. The summed E-state index contributed by atoms with van der Waals surface area (Å²) in [5.41, 5.74) is 1.67. The van der Waals surface area contributed by atoms with E-state index in [1.165, 1.54) is 31.2 Å². The van der Waals surface area contributed by atoms with Crippen molar-refractivity contribution in [3.63, 3.8) is 0 Å². The molecule has 0 saturated carbocycles. The standard InChI is InChI=1S/C21H24N4O4/c1-14-8-11-25(12-9-14)16-6-4-15(5-7-16)13-23-19(26)20(27)24-17-3-2-10-22-18(17)21(28)29/h2-7,10,14H,8-9,11-13H2,1H3,(H,23,26)(H,24,27)(H,28,29). The number of pyridine rings is 1. The van der Waals surface area contributed by atoms with Crippen molar-refractivity contribution >= 4 is 29.2 Å². The van der Waals surface area contributed by atoms with Gasteiger partial charge in [-0.1, -0.05) is 19.1 Å². The van der Waals surface area contributed by atoms with E-state index in [9.17, 15) is 14.4 Å². The van der Waals surface area contributed by atoms with Crippen molar-refractivity contribution in [3.05, 3.63) is 53.9 Å². The fourth-order valence-electron chi connectivity index (χ4n) is 3.21. The highest BCUT2D eigenvalue weighted by molar-refractivity contribution is 6.39. The van der Waals surface area contributed by atoms with Crippen LogP contribution in [0.3, 0.4) is 0 Å². The van der Waals surface area contributed by atoms with Gasteiger partial charge in [-0.3, -0.25) is 9.59 Å². The van der Waals surface area contributed by atoms with Crippen molar-refractivity contribution in [1.29, 1.82) is 0 Å². The van der Waals surface area contributed by atoms with Gasteiger partial charge in [0.25, 0.3) is 0 Å². The van der Waals surface area contributed by atoms with Crippen LogP contribution in [0, 0.1) is 5.92 Å². The number of carbonyl (C=O) groups excluding carboxylic acids is 2. The number of amides is 2. The highest BCUT2D eigenvalue weighted by Crippen LogP contribution is 2.23. The lowest BCUT2D eigenvalue weighted by Crippen LogP contribution is -2.35. The van der Waals surface area contributed by atoms with Crippen molar-refractivity contribution in [1.82, 2.24) is 10.3 Å². The van der Waals surface area contributed by atoms with E-state index in [0.29, 0.717) is 0 Å². The Morgan fingerprint density at radius 3 is 2.45 bits per heavy atom. The molecular weight excluding hydrogens is 372 g/mol. The van der Waals surface area contributed by atoms with E-state index in [4.69, 9.17) is 5.11 Å². The average Bonchev–Trinajstić information content (AvgIpc) is 2.73. The molecule has 0 atom stereocenters. The SMILES string of the molecule is CC1CCN(c2ccc(CNC(=O)C(=O)Nc3cccnc3C(=O)O)cc2)CC1. The van der Waals surface area contributed by atoms with Crippen LogP contribution in [-0.2, 0) is 16.1 Å². The molecule has 1 aromatic carbocycles. The minimum Gasteiger partial charge on any atom is -0.476 e. The molecule has 8 nitrogen and oxygen atoms in total. The van der Waals surface area contributed by atoms with Gasteiger partial charge in [-0.15, -0.1) is 0 Å². The number of carboxylic acids is 1. The summed E-state index contributed by atoms with van der Waals surface area (Å²) in [7, 11) is 0. The van der Waals surface area contributed by atoms with Gasteiger partial charge in [0.05, 0.1) is 5.69 Å². The van der Waals surface area contributed by atoms with E-state index in [2.05, 4.69) is 27.4 Å². The number of aromatic nitrogens is 1. The maximum Gasteiger partial charge on any atom is 0.356 e. The normalized spacial score (nSPS) is 14.3. The number of hydrogen-bond acceptors (Lipinski definition) is 5.